The van der Waals surface area contributed by atoms with E-state index in [0.717, 1.165) is 27.6 Å². The normalized spacial score (nSPS) is 10.8. The van der Waals surface area contributed by atoms with Gasteiger partial charge < -0.3 is 10.2 Å². The number of aromatic nitrogens is 1. The molecule has 0 aliphatic heterocycles. The summed E-state index contributed by atoms with van der Waals surface area (Å²) in [6.07, 6.45) is 1.66. The molecule has 3 rings (SSSR count). The molecule has 0 atom stereocenters. The molecule has 1 heterocycles. The van der Waals surface area contributed by atoms with Gasteiger partial charge >= 0.3 is 0 Å². The highest BCUT2D eigenvalue weighted by Gasteiger charge is 2.18. The topological polar surface area (TPSA) is 45.2 Å². The number of nitrogens with zero attached hydrogens (tertiary/aromatic N) is 2. The van der Waals surface area contributed by atoms with Crippen molar-refractivity contribution in [2.45, 2.75) is 20.8 Å². The zero-order chi connectivity index (χ0) is 18.8. The van der Waals surface area contributed by atoms with Crippen LogP contribution in [-0.2, 0) is 0 Å². The lowest BCUT2D eigenvalue weighted by Crippen LogP contribution is -2.26. The number of aryl methyl sites for hydroxylation is 1. The van der Waals surface area contributed by atoms with E-state index in [-0.39, 0.29) is 5.91 Å². The molecular formula is C21H22ClN3O. The van der Waals surface area contributed by atoms with Crippen LogP contribution in [0.5, 0.6) is 0 Å². The van der Waals surface area contributed by atoms with Crippen molar-refractivity contribution >= 4 is 39.8 Å². The van der Waals surface area contributed by atoms with Gasteiger partial charge in [-0.25, -0.2) is 4.98 Å². The number of carbonyl (C=O) groups excluding carboxylic acids is 1. The van der Waals surface area contributed by atoms with Crippen molar-refractivity contribution < 1.29 is 4.79 Å². The molecule has 4 nitrogen and oxygen atoms in total. The number of nitrogens with one attached hydrogen (secondary N) is 1. The Bertz CT molecular complexity index is 984. The molecule has 0 saturated heterocycles. The molecular weight excluding hydrogens is 346 g/mol. The number of fused-ring (bicyclic) bond motifs is 1. The Labute approximate surface area is 158 Å². The largest absolute Gasteiger partial charge is 0.342 e. The number of halogens is 1. The number of carbonyl (C=O) groups is 1. The van der Waals surface area contributed by atoms with Crippen LogP contribution in [-0.4, -0.2) is 29.4 Å². The van der Waals surface area contributed by atoms with E-state index in [0.29, 0.717) is 22.9 Å². The van der Waals surface area contributed by atoms with E-state index in [4.69, 9.17) is 11.6 Å². The van der Waals surface area contributed by atoms with E-state index in [1.807, 2.05) is 57.2 Å². The quantitative estimate of drug-likeness (QED) is 0.676. The molecule has 0 fully saturated rings. The first-order valence-corrected chi connectivity index (χ1v) is 8.97. The van der Waals surface area contributed by atoms with Crippen LogP contribution in [0.3, 0.4) is 0 Å². The maximum absolute atomic E-state index is 12.8. The second-order valence-corrected chi connectivity index (χ2v) is 6.78. The van der Waals surface area contributed by atoms with Crippen molar-refractivity contribution in [3.8, 4) is 0 Å². The van der Waals surface area contributed by atoms with Gasteiger partial charge in [0.15, 0.2) is 0 Å². The molecule has 0 radical (unpaired) electrons. The van der Waals surface area contributed by atoms with E-state index in [2.05, 4.69) is 10.3 Å². The Morgan fingerprint density at radius 1 is 1.19 bits per heavy atom. The molecule has 0 spiro atoms. The molecule has 0 bridgehead atoms. The lowest BCUT2D eigenvalue weighted by Gasteiger charge is -2.18. The fourth-order valence-corrected chi connectivity index (χ4v) is 3.14. The van der Waals surface area contributed by atoms with E-state index >= 15 is 0 Å². The fraction of sp³-hybridized carbons (Fsp3) is 0.238. The Balaban J connectivity index is 2.16. The summed E-state index contributed by atoms with van der Waals surface area (Å²) in [7, 11) is 1.80. The Morgan fingerprint density at radius 2 is 1.92 bits per heavy atom. The van der Waals surface area contributed by atoms with Crippen molar-refractivity contribution in [1.29, 1.82) is 0 Å². The van der Waals surface area contributed by atoms with E-state index < -0.39 is 0 Å². The van der Waals surface area contributed by atoms with Crippen LogP contribution in [0.4, 0.5) is 11.5 Å². The van der Waals surface area contributed by atoms with Crippen LogP contribution in [0.15, 0.2) is 42.6 Å². The Kier molecular flexibility index (Phi) is 5.14. The SMILES string of the molecule is CCN(C)C(=O)c1cnc(Nc2cccc(Cl)c2C)c2cccc(C)c12. The van der Waals surface area contributed by atoms with Crippen LogP contribution >= 0.6 is 11.6 Å². The third-order valence-corrected chi connectivity index (χ3v) is 5.10. The molecule has 134 valence electrons. The minimum atomic E-state index is -0.0233. The van der Waals surface area contributed by atoms with Gasteiger partial charge in [0.2, 0.25) is 0 Å². The van der Waals surface area contributed by atoms with E-state index in [1.165, 1.54) is 0 Å². The summed E-state index contributed by atoms with van der Waals surface area (Å²) in [5.74, 6) is 0.689. The lowest BCUT2D eigenvalue weighted by atomic mass is 10.0. The average molecular weight is 368 g/mol. The minimum Gasteiger partial charge on any atom is -0.342 e. The predicted molar refractivity (Wildman–Crippen MR) is 109 cm³/mol. The summed E-state index contributed by atoms with van der Waals surface area (Å²) in [4.78, 5) is 19.0. The Morgan fingerprint density at radius 3 is 2.65 bits per heavy atom. The summed E-state index contributed by atoms with van der Waals surface area (Å²) in [5.41, 5.74) is 3.53. The first-order valence-electron chi connectivity index (χ1n) is 8.60. The van der Waals surface area contributed by atoms with Gasteiger partial charge in [0.25, 0.3) is 5.91 Å². The average Bonchev–Trinajstić information content (AvgIpc) is 2.64. The van der Waals surface area contributed by atoms with Gasteiger partial charge in [-0.05, 0) is 44.0 Å². The summed E-state index contributed by atoms with van der Waals surface area (Å²) in [6, 6.07) is 11.7. The number of pyridine rings is 1. The summed E-state index contributed by atoms with van der Waals surface area (Å²) in [5, 5.41) is 5.92. The zero-order valence-electron chi connectivity index (χ0n) is 15.4. The maximum Gasteiger partial charge on any atom is 0.255 e. The molecule has 0 aliphatic rings. The first-order chi connectivity index (χ1) is 12.4. The van der Waals surface area contributed by atoms with Crippen LogP contribution in [0.1, 0.15) is 28.4 Å². The summed E-state index contributed by atoms with van der Waals surface area (Å²) in [6.45, 7) is 6.58. The van der Waals surface area contributed by atoms with Crippen molar-refractivity contribution in [3.63, 3.8) is 0 Å². The van der Waals surface area contributed by atoms with E-state index in [1.54, 1.807) is 18.1 Å². The number of hydrogen-bond donors (Lipinski definition) is 1. The summed E-state index contributed by atoms with van der Waals surface area (Å²) < 4.78 is 0. The van der Waals surface area contributed by atoms with Crippen LogP contribution in [0, 0.1) is 13.8 Å². The molecule has 0 unspecified atom stereocenters. The van der Waals surface area contributed by atoms with Gasteiger partial charge in [0.05, 0.1) is 5.56 Å². The lowest BCUT2D eigenvalue weighted by molar-refractivity contribution is 0.0804. The number of rotatable bonds is 4. The highest BCUT2D eigenvalue weighted by molar-refractivity contribution is 6.31. The molecule has 2 aromatic carbocycles. The molecule has 1 aromatic heterocycles. The highest BCUT2D eigenvalue weighted by Crippen LogP contribution is 2.32. The summed E-state index contributed by atoms with van der Waals surface area (Å²) >= 11 is 6.23. The molecule has 1 amide bonds. The Hall–Kier alpha value is -2.59. The number of anilines is 2. The van der Waals surface area contributed by atoms with Gasteiger partial charge in [-0.2, -0.15) is 0 Å². The third kappa shape index (κ3) is 3.25. The maximum atomic E-state index is 12.8. The van der Waals surface area contributed by atoms with Crippen molar-refractivity contribution in [2.24, 2.45) is 0 Å². The molecule has 0 aliphatic carbocycles. The van der Waals surface area contributed by atoms with Crippen LogP contribution in [0.2, 0.25) is 5.02 Å². The van der Waals surface area contributed by atoms with Crippen LogP contribution < -0.4 is 5.32 Å². The molecule has 0 saturated carbocycles. The monoisotopic (exact) mass is 367 g/mol. The second kappa shape index (κ2) is 7.34. The van der Waals surface area contributed by atoms with Crippen molar-refractivity contribution in [3.05, 3.63) is 64.3 Å². The van der Waals surface area contributed by atoms with Crippen LogP contribution in [0.25, 0.3) is 10.8 Å². The van der Waals surface area contributed by atoms with Gasteiger partial charge in [-0.3, -0.25) is 4.79 Å². The number of amides is 1. The molecule has 5 heteroatoms. The highest BCUT2D eigenvalue weighted by atomic mass is 35.5. The second-order valence-electron chi connectivity index (χ2n) is 6.37. The van der Waals surface area contributed by atoms with Gasteiger partial charge in [-0.15, -0.1) is 0 Å². The number of benzene rings is 2. The van der Waals surface area contributed by atoms with Gasteiger partial charge in [0, 0.05) is 41.3 Å². The molecule has 1 N–H and O–H groups in total. The minimum absolute atomic E-state index is 0.0233. The van der Waals surface area contributed by atoms with Gasteiger partial charge in [0.1, 0.15) is 5.82 Å². The van der Waals surface area contributed by atoms with Gasteiger partial charge in [-0.1, -0.05) is 35.9 Å². The van der Waals surface area contributed by atoms with E-state index in [9.17, 15) is 4.79 Å². The van der Waals surface area contributed by atoms with Crippen molar-refractivity contribution in [2.75, 3.05) is 18.9 Å². The standard InChI is InChI=1S/C21H22ClN3O/c1-5-25(4)21(26)16-12-23-20(15-9-6-8-13(2)19(15)16)24-18-11-7-10-17(22)14(18)3/h6-12H,5H2,1-4H3,(H,23,24). The smallest absolute Gasteiger partial charge is 0.255 e. The molecule has 26 heavy (non-hydrogen) atoms. The zero-order valence-corrected chi connectivity index (χ0v) is 16.2. The first kappa shape index (κ1) is 18.2. The number of hydrogen-bond acceptors (Lipinski definition) is 3. The molecule has 3 aromatic rings. The predicted octanol–water partition coefficient (Wildman–Crippen LogP) is 5.34. The fourth-order valence-electron chi connectivity index (χ4n) is 2.97. The third-order valence-electron chi connectivity index (χ3n) is 4.69. The van der Waals surface area contributed by atoms with Crippen molar-refractivity contribution in [1.82, 2.24) is 9.88 Å².